The molecule has 1 amide bonds. The summed E-state index contributed by atoms with van der Waals surface area (Å²) >= 11 is 0. The number of rotatable bonds is 5. The SMILES string of the molecule is CCn1c(C)cc(C(=O)NCC(N)c2ccccc2)c1C.Cl. The van der Waals surface area contributed by atoms with Crippen LogP contribution in [0.4, 0.5) is 0 Å². The first kappa shape index (κ1) is 18.3. The minimum Gasteiger partial charge on any atom is -0.350 e. The third kappa shape index (κ3) is 3.90. The first-order valence-electron chi connectivity index (χ1n) is 7.30. The van der Waals surface area contributed by atoms with Crippen molar-refractivity contribution in [2.45, 2.75) is 33.4 Å². The van der Waals surface area contributed by atoms with Gasteiger partial charge in [0.05, 0.1) is 5.56 Å². The summed E-state index contributed by atoms with van der Waals surface area (Å²) in [5.74, 6) is -0.0609. The first-order chi connectivity index (χ1) is 10.0. The van der Waals surface area contributed by atoms with Crippen LogP contribution in [0.1, 0.15) is 40.3 Å². The summed E-state index contributed by atoms with van der Waals surface area (Å²) < 4.78 is 2.13. The van der Waals surface area contributed by atoms with Gasteiger partial charge >= 0.3 is 0 Å². The van der Waals surface area contributed by atoms with Crippen LogP contribution in [0.5, 0.6) is 0 Å². The van der Waals surface area contributed by atoms with Crippen LogP contribution in [0.25, 0.3) is 0 Å². The number of nitrogens with two attached hydrogens (primary N) is 1. The number of nitrogens with one attached hydrogen (secondary N) is 1. The molecule has 1 heterocycles. The van der Waals surface area contributed by atoms with Crippen molar-refractivity contribution in [3.63, 3.8) is 0 Å². The van der Waals surface area contributed by atoms with Crippen molar-refractivity contribution in [3.8, 4) is 0 Å². The molecule has 1 unspecified atom stereocenters. The van der Waals surface area contributed by atoms with E-state index in [0.717, 1.165) is 29.1 Å². The van der Waals surface area contributed by atoms with Gasteiger partial charge in [0, 0.05) is 30.5 Å². The van der Waals surface area contributed by atoms with E-state index in [-0.39, 0.29) is 24.4 Å². The van der Waals surface area contributed by atoms with Crippen LogP contribution in [0, 0.1) is 13.8 Å². The Kier molecular flexibility index (Phi) is 6.65. The predicted molar refractivity (Wildman–Crippen MR) is 92.5 cm³/mol. The van der Waals surface area contributed by atoms with E-state index in [0.29, 0.717) is 6.54 Å². The largest absolute Gasteiger partial charge is 0.350 e. The van der Waals surface area contributed by atoms with Gasteiger partial charge in [0.15, 0.2) is 0 Å². The Bertz CT molecular complexity index is 622. The molecule has 0 aliphatic carbocycles. The molecule has 4 nitrogen and oxygen atoms in total. The van der Waals surface area contributed by atoms with Gasteiger partial charge in [-0.05, 0) is 32.4 Å². The fourth-order valence-corrected chi connectivity index (χ4v) is 2.63. The molecular formula is C17H24ClN3O. The fraction of sp³-hybridized carbons (Fsp3) is 0.353. The molecule has 0 aliphatic heterocycles. The third-order valence-electron chi connectivity index (χ3n) is 3.84. The lowest BCUT2D eigenvalue weighted by atomic mass is 10.1. The zero-order chi connectivity index (χ0) is 15.4. The minimum atomic E-state index is -0.190. The highest BCUT2D eigenvalue weighted by molar-refractivity contribution is 5.95. The number of hydrogen-bond acceptors (Lipinski definition) is 2. The van der Waals surface area contributed by atoms with E-state index in [9.17, 15) is 4.79 Å². The molecule has 120 valence electrons. The highest BCUT2D eigenvalue weighted by Crippen LogP contribution is 2.15. The van der Waals surface area contributed by atoms with Crippen LogP contribution in [0.15, 0.2) is 36.4 Å². The smallest absolute Gasteiger partial charge is 0.253 e. The maximum absolute atomic E-state index is 12.3. The molecular weight excluding hydrogens is 298 g/mol. The van der Waals surface area contributed by atoms with Gasteiger partial charge in [0.1, 0.15) is 0 Å². The monoisotopic (exact) mass is 321 g/mol. The van der Waals surface area contributed by atoms with Gasteiger partial charge in [-0.2, -0.15) is 0 Å². The number of benzene rings is 1. The van der Waals surface area contributed by atoms with Crippen molar-refractivity contribution < 1.29 is 4.79 Å². The zero-order valence-corrected chi connectivity index (χ0v) is 14.1. The van der Waals surface area contributed by atoms with Crippen molar-refractivity contribution in [1.29, 1.82) is 0 Å². The van der Waals surface area contributed by atoms with Gasteiger partial charge in [-0.1, -0.05) is 30.3 Å². The van der Waals surface area contributed by atoms with Crippen LogP contribution in [0.3, 0.4) is 0 Å². The van der Waals surface area contributed by atoms with Crippen LogP contribution in [-0.2, 0) is 6.54 Å². The minimum absolute atomic E-state index is 0. The topological polar surface area (TPSA) is 60.0 Å². The van der Waals surface area contributed by atoms with Crippen molar-refractivity contribution in [2.75, 3.05) is 6.54 Å². The molecule has 2 rings (SSSR count). The molecule has 1 atom stereocenters. The molecule has 0 bridgehead atoms. The summed E-state index contributed by atoms with van der Waals surface area (Å²) in [6.45, 7) is 7.37. The van der Waals surface area contributed by atoms with E-state index in [4.69, 9.17) is 5.73 Å². The van der Waals surface area contributed by atoms with E-state index >= 15 is 0 Å². The average molecular weight is 322 g/mol. The number of aryl methyl sites for hydroxylation is 1. The fourth-order valence-electron chi connectivity index (χ4n) is 2.63. The van der Waals surface area contributed by atoms with Gasteiger partial charge in [-0.3, -0.25) is 4.79 Å². The molecule has 5 heteroatoms. The van der Waals surface area contributed by atoms with Crippen LogP contribution in [0.2, 0.25) is 0 Å². The third-order valence-corrected chi connectivity index (χ3v) is 3.84. The second-order valence-corrected chi connectivity index (χ2v) is 5.26. The Morgan fingerprint density at radius 1 is 1.27 bits per heavy atom. The maximum atomic E-state index is 12.3. The second-order valence-electron chi connectivity index (χ2n) is 5.26. The van der Waals surface area contributed by atoms with E-state index < -0.39 is 0 Å². The van der Waals surface area contributed by atoms with Crippen molar-refractivity contribution in [2.24, 2.45) is 5.73 Å². The number of hydrogen-bond donors (Lipinski definition) is 2. The summed E-state index contributed by atoms with van der Waals surface area (Å²) in [7, 11) is 0. The summed E-state index contributed by atoms with van der Waals surface area (Å²) in [6.07, 6.45) is 0. The Hall–Kier alpha value is -1.78. The summed E-state index contributed by atoms with van der Waals surface area (Å²) in [5, 5.41) is 2.93. The molecule has 1 aromatic carbocycles. The zero-order valence-electron chi connectivity index (χ0n) is 13.3. The standard InChI is InChI=1S/C17H23N3O.ClH/c1-4-20-12(2)10-15(13(20)3)17(21)19-11-16(18)14-8-6-5-7-9-14;/h5-10,16H,4,11,18H2,1-3H3,(H,19,21);1H. The number of carbonyl (C=O) groups is 1. The van der Waals surface area contributed by atoms with Crippen LogP contribution in [-0.4, -0.2) is 17.0 Å². The highest BCUT2D eigenvalue weighted by atomic mass is 35.5. The van der Waals surface area contributed by atoms with Gasteiger partial charge < -0.3 is 15.6 Å². The number of halogens is 1. The Balaban J connectivity index is 0.00000242. The number of carbonyl (C=O) groups excluding carboxylic acids is 1. The summed E-state index contributed by atoms with van der Waals surface area (Å²) in [5.41, 5.74) is 9.96. The number of nitrogens with zero attached hydrogens (tertiary/aromatic N) is 1. The van der Waals surface area contributed by atoms with Gasteiger partial charge in [0.2, 0.25) is 0 Å². The molecule has 3 N–H and O–H groups in total. The van der Waals surface area contributed by atoms with E-state index in [1.165, 1.54) is 0 Å². The first-order valence-corrected chi connectivity index (χ1v) is 7.30. The molecule has 0 radical (unpaired) electrons. The molecule has 0 spiro atoms. The number of amides is 1. The van der Waals surface area contributed by atoms with Crippen LogP contribution < -0.4 is 11.1 Å². The molecule has 0 saturated carbocycles. The second kappa shape index (κ2) is 8.01. The lowest BCUT2D eigenvalue weighted by Crippen LogP contribution is -2.32. The van der Waals surface area contributed by atoms with Crippen molar-refractivity contribution in [3.05, 3.63) is 58.9 Å². The summed E-state index contributed by atoms with van der Waals surface area (Å²) in [6, 6.07) is 11.5. The lowest BCUT2D eigenvalue weighted by molar-refractivity contribution is 0.0950. The van der Waals surface area contributed by atoms with Crippen molar-refractivity contribution in [1.82, 2.24) is 9.88 Å². The van der Waals surface area contributed by atoms with Gasteiger partial charge in [0.25, 0.3) is 5.91 Å². The number of aromatic nitrogens is 1. The Morgan fingerprint density at radius 3 is 2.45 bits per heavy atom. The Morgan fingerprint density at radius 2 is 1.91 bits per heavy atom. The van der Waals surface area contributed by atoms with Gasteiger partial charge in [-0.25, -0.2) is 0 Å². The van der Waals surface area contributed by atoms with E-state index in [1.807, 2.05) is 50.2 Å². The normalized spacial score (nSPS) is 11.6. The Labute approximate surface area is 138 Å². The molecule has 0 saturated heterocycles. The maximum Gasteiger partial charge on any atom is 0.253 e. The highest BCUT2D eigenvalue weighted by Gasteiger charge is 2.15. The summed E-state index contributed by atoms with van der Waals surface area (Å²) in [4.78, 5) is 12.3. The quantitative estimate of drug-likeness (QED) is 0.889. The molecule has 0 aliphatic rings. The molecule has 22 heavy (non-hydrogen) atoms. The molecule has 2 aromatic rings. The van der Waals surface area contributed by atoms with E-state index in [2.05, 4.69) is 16.8 Å². The predicted octanol–water partition coefficient (Wildman–Crippen LogP) is 2.98. The van der Waals surface area contributed by atoms with E-state index in [1.54, 1.807) is 0 Å². The van der Waals surface area contributed by atoms with Crippen molar-refractivity contribution >= 4 is 18.3 Å². The lowest BCUT2D eigenvalue weighted by Gasteiger charge is -2.13. The molecule has 0 fully saturated rings. The average Bonchev–Trinajstić information content (AvgIpc) is 2.79. The van der Waals surface area contributed by atoms with Crippen LogP contribution >= 0.6 is 12.4 Å². The van der Waals surface area contributed by atoms with Gasteiger partial charge in [-0.15, -0.1) is 12.4 Å². The molecule has 1 aromatic heterocycles.